The van der Waals surface area contributed by atoms with Crippen molar-refractivity contribution < 1.29 is 27.3 Å². The number of carbonyl (C=O) groups is 1. The van der Waals surface area contributed by atoms with Gasteiger partial charge in [0.15, 0.2) is 0 Å². The average Bonchev–Trinajstić information content (AvgIpc) is 3.46. The summed E-state index contributed by atoms with van der Waals surface area (Å²) in [6.45, 7) is 11.0. The van der Waals surface area contributed by atoms with Crippen molar-refractivity contribution >= 4 is 16.8 Å². The number of fused-ring (bicyclic) bond motifs is 7. The quantitative estimate of drug-likeness (QED) is 0.294. The van der Waals surface area contributed by atoms with Crippen molar-refractivity contribution in [1.29, 1.82) is 0 Å². The lowest BCUT2D eigenvalue weighted by Crippen LogP contribution is -2.69. The van der Waals surface area contributed by atoms with Gasteiger partial charge in [0, 0.05) is 47.5 Å². The molecule has 5 fully saturated rings. The van der Waals surface area contributed by atoms with Crippen LogP contribution in [0.4, 0.5) is 13.2 Å². The Hall–Kier alpha value is -1.19. The van der Waals surface area contributed by atoms with Gasteiger partial charge in [0.2, 0.25) is 0 Å². The van der Waals surface area contributed by atoms with Crippen LogP contribution >= 0.6 is 0 Å². The number of carboxylic acids is 1. The number of hydrogen-bond acceptors (Lipinski definition) is 4. The molecule has 5 nitrogen and oxygen atoms in total. The zero-order valence-electron chi connectivity index (χ0n) is 29.7. The number of nitrogens with zero attached hydrogens (tertiary/aromatic N) is 1. The smallest absolute Gasteiger partial charge is 0.405 e. The molecular weight excluding hydrogens is 634 g/mol. The summed E-state index contributed by atoms with van der Waals surface area (Å²) >= 11 is 0. The van der Waals surface area contributed by atoms with Gasteiger partial charge in [0.25, 0.3) is 0 Å². The lowest BCUT2D eigenvalue weighted by molar-refractivity contribution is -0.218. The molecule has 0 amide bonds. The first-order valence-corrected chi connectivity index (χ1v) is 20.6. The molecule has 0 aromatic rings. The highest BCUT2D eigenvalue weighted by molar-refractivity contribution is 7.85. The van der Waals surface area contributed by atoms with E-state index in [-0.39, 0.29) is 34.6 Å². The normalized spacial score (nSPS) is 46.0. The van der Waals surface area contributed by atoms with Crippen LogP contribution in [0.15, 0.2) is 23.3 Å². The highest BCUT2D eigenvalue weighted by atomic mass is 32.2. The van der Waals surface area contributed by atoms with Gasteiger partial charge >= 0.3 is 12.1 Å². The summed E-state index contributed by atoms with van der Waals surface area (Å²) in [6, 6.07) is -1.55. The predicted molar refractivity (Wildman–Crippen MR) is 185 cm³/mol. The van der Waals surface area contributed by atoms with Crippen LogP contribution < -0.4 is 5.32 Å². The molecule has 1 saturated heterocycles. The third-order valence-electron chi connectivity index (χ3n) is 16.3. The summed E-state index contributed by atoms with van der Waals surface area (Å²) in [5.74, 6) is 2.39. The van der Waals surface area contributed by atoms with Crippen LogP contribution in [-0.4, -0.2) is 69.1 Å². The molecule has 7 rings (SSSR count). The Morgan fingerprint density at radius 2 is 1.73 bits per heavy atom. The van der Waals surface area contributed by atoms with Crippen molar-refractivity contribution in [2.75, 3.05) is 31.1 Å². The van der Waals surface area contributed by atoms with Gasteiger partial charge < -0.3 is 5.11 Å². The Morgan fingerprint density at radius 3 is 2.40 bits per heavy atom. The van der Waals surface area contributed by atoms with E-state index >= 15 is 0 Å². The van der Waals surface area contributed by atoms with E-state index in [1.165, 1.54) is 30.4 Å². The molecule has 48 heavy (non-hydrogen) atoms. The van der Waals surface area contributed by atoms with E-state index < -0.39 is 34.5 Å². The van der Waals surface area contributed by atoms with Crippen molar-refractivity contribution in [3.05, 3.63) is 23.3 Å². The molecule has 6 unspecified atom stereocenters. The molecule has 0 aromatic carbocycles. The first-order chi connectivity index (χ1) is 22.6. The Labute approximate surface area is 288 Å². The van der Waals surface area contributed by atoms with E-state index in [9.17, 15) is 27.3 Å². The first kappa shape index (κ1) is 35.2. The number of rotatable bonds is 6. The number of nitrogens with one attached hydrogen (secondary N) is 1. The Bertz CT molecular complexity index is 1360. The van der Waals surface area contributed by atoms with Crippen molar-refractivity contribution in [2.45, 2.75) is 129 Å². The van der Waals surface area contributed by atoms with Crippen molar-refractivity contribution in [3.8, 4) is 0 Å². The van der Waals surface area contributed by atoms with E-state index in [0.29, 0.717) is 54.7 Å². The van der Waals surface area contributed by atoms with Crippen LogP contribution in [0.1, 0.15) is 111 Å². The van der Waals surface area contributed by atoms with Crippen LogP contribution in [0.5, 0.6) is 0 Å². The number of halogens is 3. The highest BCUT2D eigenvalue weighted by Gasteiger charge is 2.69. The average molecular weight is 693 g/mol. The van der Waals surface area contributed by atoms with E-state index in [4.69, 9.17) is 0 Å². The molecule has 1 aliphatic heterocycles. The lowest BCUT2D eigenvalue weighted by Gasteiger charge is -2.71. The summed E-state index contributed by atoms with van der Waals surface area (Å²) in [7, 11) is -0.906. The SMILES string of the molecule is CC1C(C2=CCC(C(=O)O)CC2)=CC[C@@]2(C)C1CC[C@]1(C)C2CC[C@@H]2C3CCC[C@]3(NC(CN3CCS(=O)CC3)C(F)(F)F)CC[C@]21C. The van der Waals surface area contributed by atoms with Crippen LogP contribution in [-0.2, 0) is 15.6 Å². The Morgan fingerprint density at radius 1 is 0.979 bits per heavy atom. The van der Waals surface area contributed by atoms with Crippen LogP contribution in [0.3, 0.4) is 0 Å². The predicted octanol–water partition coefficient (Wildman–Crippen LogP) is 8.14. The van der Waals surface area contributed by atoms with Crippen LogP contribution in [0.25, 0.3) is 0 Å². The number of alkyl halides is 3. The van der Waals surface area contributed by atoms with Crippen molar-refractivity contribution in [3.63, 3.8) is 0 Å². The topological polar surface area (TPSA) is 69.6 Å². The number of aliphatic carboxylic acids is 1. The van der Waals surface area contributed by atoms with Gasteiger partial charge in [-0.2, -0.15) is 13.2 Å². The molecule has 0 bridgehead atoms. The molecule has 270 valence electrons. The highest BCUT2D eigenvalue weighted by Crippen LogP contribution is 2.75. The second-order valence-corrected chi connectivity index (χ2v) is 19.7. The zero-order chi connectivity index (χ0) is 34.3. The van der Waals surface area contributed by atoms with E-state index in [1.807, 2.05) is 4.90 Å². The number of allylic oxidation sites excluding steroid dienone is 4. The van der Waals surface area contributed by atoms with E-state index in [2.05, 4.69) is 45.2 Å². The minimum Gasteiger partial charge on any atom is -0.481 e. The molecule has 0 radical (unpaired) electrons. The first-order valence-electron chi connectivity index (χ1n) is 19.2. The standard InChI is InChI=1S/C39H59F3N2O3S/c1-25-28(26-7-9-27(10-8-26)34(45)46)13-16-35(2)29(25)14-17-37(4)32(35)12-11-30-31-6-5-15-38(31,19-18-36(30,37)3)43-33(39(40,41)42)24-44-20-22-48(47)23-21-44/h7,13,25,27,29-33,43H,5-6,8-12,14-24H2,1-4H3,(H,45,46)/t25?,27?,29?,30-,31?,32?,33?,35+,36-,37-,38+/m1/s1. The summed E-state index contributed by atoms with van der Waals surface area (Å²) in [6.07, 6.45) is 13.1. The molecule has 0 spiro atoms. The molecule has 1 heterocycles. The molecule has 7 aliphatic rings. The monoisotopic (exact) mass is 692 g/mol. The van der Waals surface area contributed by atoms with Crippen LogP contribution in [0, 0.1) is 51.8 Å². The Balaban J connectivity index is 1.11. The molecular formula is C39H59F3N2O3S. The minimum absolute atomic E-state index is 0.0403. The van der Waals surface area contributed by atoms with Gasteiger partial charge in [0.05, 0.1) is 5.92 Å². The van der Waals surface area contributed by atoms with Crippen LogP contribution in [0.2, 0.25) is 0 Å². The third-order valence-corrected chi connectivity index (χ3v) is 17.5. The van der Waals surface area contributed by atoms with E-state index in [0.717, 1.165) is 57.8 Å². The molecule has 11 atom stereocenters. The number of hydrogen-bond donors (Lipinski definition) is 2. The second kappa shape index (κ2) is 12.5. The fraction of sp³-hybridized carbons (Fsp3) is 0.872. The fourth-order valence-corrected chi connectivity index (χ4v) is 14.6. The molecule has 6 aliphatic carbocycles. The van der Waals surface area contributed by atoms with Gasteiger partial charge in [-0.05, 0) is 134 Å². The molecule has 0 aromatic heterocycles. The van der Waals surface area contributed by atoms with Gasteiger partial charge in [-0.25, -0.2) is 0 Å². The largest absolute Gasteiger partial charge is 0.481 e. The zero-order valence-corrected chi connectivity index (χ0v) is 30.5. The lowest BCUT2D eigenvalue weighted by atomic mass is 9.34. The summed E-state index contributed by atoms with van der Waals surface area (Å²) < 4.78 is 56.0. The van der Waals surface area contributed by atoms with Gasteiger partial charge in [0.1, 0.15) is 6.04 Å². The van der Waals surface area contributed by atoms with E-state index in [1.54, 1.807) is 0 Å². The molecule has 9 heteroatoms. The summed E-state index contributed by atoms with van der Waals surface area (Å²) in [5, 5.41) is 12.9. The van der Waals surface area contributed by atoms with Gasteiger partial charge in [-0.1, -0.05) is 46.3 Å². The van der Waals surface area contributed by atoms with Gasteiger partial charge in [-0.3, -0.25) is 19.2 Å². The third kappa shape index (κ3) is 5.61. The summed E-state index contributed by atoms with van der Waals surface area (Å²) in [4.78, 5) is 13.5. The maximum absolute atomic E-state index is 14.7. The minimum atomic E-state index is -4.31. The van der Waals surface area contributed by atoms with Crippen molar-refractivity contribution in [2.24, 2.45) is 51.8 Å². The fourth-order valence-electron chi connectivity index (χ4n) is 13.5. The maximum Gasteiger partial charge on any atom is 0.405 e. The summed E-state index contributed by atoms with van der Waals surface area (Å²) in [5.41, 5.74) is 2.88. The molecule has 2 N–H and O–H groups in total. The van der Waals surface area contributed by atoms with Crippen molar-refractivity contribution in [1.82, 2.24) is 10.2 Å². The number of carboxylic acid groups (broad SMARTS) is 1. The Kier molecular flexibility index (Phi) is 9.17. The molecule has 4 saturated carbocycles. The maximum atomic E-state index is 14.7. The second-order valence-electron chi connectivity index (χ2n) is 18.0. The van der Waals surface area contributed by atoms with Gasteiger partial charge in [-0.15, -0.1) is 0 Å².